The molecule has 1 atom stereocenters. The molecule has 0 bridgehead atoms. The first-order valence-electron chi connectivity index (χ1n) is 5.09. The van der Waals surface area contributed by atoms with Crippen molar-refractivity contribution in [2.24, 2.45) is 0 Å². The largest absolute Gasteiger partial charge is 0.386 e. The van der Waals surface area contributed by atoms with Gasteiger partial charge in [-0.3, -0.25) is 0 Å². The van der Waals surface area contributed by atoms with Gasteiger partial charge in [0.05, 0.1) is 0 Å². The van der Waals surface area contributed by atoms with Crippen LogP contribution < -0.4 is 0 Å². The van der Waals surface area contributed by atoms with Crippen LogP contribution in [-0.2, 0) is 6.42 Å². The Labute approximate surface area is 102 Å². The van der Waals surface area contributed by atoms with Crippen molar-refractivity contribution in [3.63, 3.8) is 0 Å². The summed E-state index contributed by atoms with van der Waals surface area (Å²) in [6.45, 7) is 1.83. The third-order valence-electron chi connectivity index (χ3n) is 2.27. The van der Waals surface area contributed by atoms with Gasteiger partial charge in [0.1, 0.15) is 22.7 Å². The Morgan fingerprint density at radius 2 is 1.94 bits per heavy atom. The van der Waals surface area contributed by atoms with E-state index in [-0.39, 0.29) is 6.42 Å². The van der Waals surface area contributed by atoms with Crippen LogP contribution in [-0.4, -0.2) is 10.1 Å². The summed E-state index contributed by atoms with van der Waals surface area (Å²) in [6.07, 6.45) is -0.670. The molecule has 0 aliphatic heterocycles. The number of hydrogen-bond donors (Lipinski definition) is 1. The van der Waals surface area contributed by atoms with E-state index in [1.54, 1.807) is 0 Å². The van der Waals surface area contributed by atoms with E-state index in [4.69, 9.17) is 0 Å². The van der Waals surface area contributed by atoms with Gasteiger partial charge in [-0.25, -0.2) is 13.8 Å². The molecule has 1 aromatic carbocycles. The molecule has 1 aromatic heterocycles. The van der Waals surface area contributed by atoms with E-state index >= 15 is 0 Å². The molecule has 0 spiro atoms. The average molecular weight is 255 g/mol. The summed E-state index contributed by atoms with van der Waals surface area (Å²) < 4.78 is 25.9. The number of nitrogens with zero attached hydrogens (tertiary/aromatic N) is 1. The van der Waals surface area contributed by atoms with Gasteiger partial charge in [-0.1, -0.05) is 0 Å². The van der Waals surface area contributed by atoms with Gasteiger partial charge in [0.25, 0.3) is 0 Å². The van der Waals surface area contributed by atoms with E-state index in [0.29, 0.717) is 10.6 Å². The van der Waals surface area contributed by atoms with Crippen molar-refractivity contribution in [2.75, 3.05) is 0 Å². The number of aliphatic hydroxyl groups is 1. The van der Waals surface area contributed by atoms with E-state index in [0.717, 1.165) is 11.8 Å². The highest BCUT2D eigenvalue weighted by Crippen LogP contribution is 2.22. The quantitative estimate of drug-likeness (QED) is 0.914. The molecule has 5 heteroatoms. The van der Waals surface area contributed by atoms with Crippen LogP contribution in [0.15, 0.2) is 23.6 Å². The number of thiazole rings is 1. The van der Waals surface area contributed by atoms with E-state index < -0.39 is 17.7 Å². The van der Waals surface area contributed by atoms with Gasteiger partial charge in [-0.2, -0.15) is 0 Å². The second-order valence-electron chi connectivity index (χ2n) is 3.82. The number of halogens is 2. The topological polar surface area (TPSA) is 33.1 Å². The smallest absolute Gasteiger partial charge is 0.126 e. The molecule has 17 heavy (non-hydrogen) atoms. The van der Waals surface area contributed by atoms with Crippen molar-refractivity contribution in [1.29, 1.82) is 0 Å². The second kappa shape index (κ2) is 4.89. The maximum atomic E-state index is 13.0. The van der Waals surface area contributed by atoms with Crippen LogP contribution >= 0.6 is 11.3 Å². The molecule has 0 saturated carbocycles. The molecule has 1 heterocycles. The number of rotatable bonds is 3. The third kappa shape index (κ3) is 3.08. The molecule has 2 rings (SSSR count). The lowest BCUT2D eigenvalue weighted by molar-refractivity contribution is 0.177. The van der Waals surface area contributed by atoms with Crippen molar-refractivity contribution in [3.05, 3.63) is 51.5 Å². The molecule has 1 unspecified atom stereocenters. The van der Waals surface area contributed by atoms with Gasteiger partial charge in [0.15, 0.2) is 0 Å². The summed E-state index contributed by atoms with van der Waals surface area (Å²) >= 11 is 1.34. The molecule has 0 aliphatic rings. The molecule has 0 fully saturated rings. The summed E-state index contributed by atoms with van der Waals surface area (Å²) in [4.78, 5) is 4.13. The van der Waals surface area contributed by atoms with Gasteiger partial charge in [-0.15, -0.1) is 11.3 Å². The predicted molar refractivity (Wildman–Crippen MR) is 61.9 cm³/mol. The van der Waals surface area contributed by atoms with Gasteiger partial charge < -0.3 is 5.11 Å². The normalized spacial score (nSPS) is 12.7. The van der Waals surface area contributed by atoms with Crippen LogP contribution in [0, 0.1) is 18.6 Å². The standard InChI is InChI=1S/C12H11F2NOS/c1-7-6-17-12(15-7)11(16)4-8-2-9(13)5-10(14)3-8/h2-3,5-6,11,16H,4H2,1H3. The van der Waals surface area contributed by atoms with Gasteiger partial charge in [0, 0.05) is 23.6 Å². The molecule has 0 amide bonds. The maximum Gasteiger partial charge on any atom is 0.126 e. The lowest BCUT2D eigenvalue weighted by Gasteiger charge is -2.07. The fourth-order valence-corrected chi connectivity index (χ4v) is 2.35. The monoisotopic (exact) mass is 255 g/mol. The predicted octanol–water partition coefficient (Wildman–Crippen LogP) is 3.01. The highest BCUT2D eigenvalue weighted by molar-refractivity contribution is 7.09. The Balaban J connectivity index is 2.15. The van der Waals surface area contributed by atoms with Crippen LogP contribution in [0.1, 0.15) is 22.4 Å². The molecule has 2 nitrogen and oxygen atoms in total. The summed E-state index contributed by atoms with van der Waals surface area (Å²) in [6, 6.07) is 3.24. The Bertz CT molecular complexity index is 507. The summed E-state index contributed by atoms with van der Waals surface area (Å²) in [5.41, 5.74) is 1.25. The fraction of sp³-hybridized carbons (Fsp3) is 0.250. The Kier molecular flexibility index (Phi) is 3.49. The molecule has 90 valence electrons. The third-order valence-corrected chi connectivity index (χ3v) is 3.34. The van der Waals surface area contributed by atoms with Crippen molar-refractivity contribution in [3.8, 4) is 0 Å². The number of hydrogen-bond acceptors (Lipinski definition) is 3. The van der Waals surface area contributed by atoms with Crippen molar-refractivity contribution >= 4 is 11.3 Å². The Hall–Kier alpha value is -1.33. The number of aryl methyl sites for hydroxylation is 1. The first-order chi connectivity index (χ1) is 8.04. The van der Waals surface area contributed by atoms with Gasteiger partial charge in [-0.05, 0) is 24.6 Å². The van der Waals surface area contributed by atoms with Crippen molar-refractivity contribution in [2.45, 2.75) is 19.4 Å². The zero-order valence-corrected chi connectivity index (χ0v) is 9.97. The SMILES string of the molecule is Cc1csc(C(O)Cc2cc(F)cc(F)c2)n1. The van der Waals surface area contributed by atoms with Crippen LogP contribution in [0.3, 0.4) is 0 Å². The minimum Gasteiger partial charge on any atom is -0.386 e. The van der Waals surface area contributed by atoms with Crippen LogP contribution in [0.2, 0.25) is 0 Å². The zero-order valence-electron chi connectivity index (χ0n) is 9.15. The van der Waals surface area contributed by atoms with Gasteiger partial charge in [0.2, 0.25) is 0 Å². The molecule has 0 saturated heterocycles. The first kappa shape index (κ1) is 12.1. The van der Waals surface area contributed by atoms with Crippen molar-refractivity contribution in [1.82, 2.24) is 4.98 Å². The molecular formula is C12H11F2NOS. The lowest BCUT2D eigenvalue weighted by atomic mass is 10.1. The fourth-order valence-electron chi connectivity index (χ4n) is 1.56. The van der Waals surface area contributed by atoms with E-state index in [1.807, 2.05) is 12.3 Å². The van der Waals surface area contributed by atoms with Crippen LogP contribution in [0.25, 0.3) is 0 Å². The second-order valence-corrected chi connectivity index (χ2v) is 4.71. The maximum absolute atomic E-state index is 13.0. The van der Waals surface area contributed by atoms with E-state index in [1.165, 1.54) is 23.5 Å². The Morgan fingerprint density at radius 1 is 1.29 bits per heavy atom. The zero-order chi connectivity index (χ0) is 12.4. The van der Waals surface area contributed by atoms with Crippen LogP contribution in [0.4, 0.5) is 8.78 Å². The molecule has 1 N–H and O–H groups in total. The molecular weight excluding hydrogens is 244 g/mol. The molecule has 0 radical (unpaired) electrons. The van der Waals surface area contributed by atoms with E-state index in [2.05, 4.69) is 4.98 Å². The highest BCUT2D eigenvalue weighted by Gasteiger charge is 2.13. The first-order valence-corrected chi connectivity index (χ1v) is 5.97. The number of aromatic nitrogens is 1. The van der Waals surface area contributed by atoms with Crippen molar-refractivity contribution < 1.29 is 13.9 Å². The number of benzene rings is 1. The summed E-state index contributed by atoms with van der Waals surface area (Å²) in [5, 5.41) is 12.3. The molecule has 2 aromatic rings. The number of aliphatic hydroxyl groups excluding tert-OH is 1. The minimum absolute atomic E-state index is 0.154. The van der Waals surface area contributed by atoms with Crippen LogP contribution in [0.5, 0.6) is 0 Å². The summed E-state index contributed by atoms with van der Waals surface area (Å²) in [5.74, 6) is -1.27. The van der Waals surface area contributed by atoms with Gasteiger partial charge >= 0.3 is 0 Å². The highest BCUT2D eigenvalue weighted by atomic mass is 32.1. The minimum atomic E-state index is -0.824. The Morgan fingerprint density at radius 3 is 2.47 bits per heavy atom. The average Bonchev–Trinajstić information content (AvgIpc) is 2.63. The summed E-state index contributed by atoms with van der Waals surface area (Å²) in [7, 11) is 0. The molecule has 0 aliphatic carbocycles. The lowest BCUT2D eigenvalue weighted by Crippen LogP contribution is -2.02. The van der Waals surface area contributed by atoms with E-state index in [9.17, 15) is 13.9 Å².